The maximum absolute atomic E-state index is 5.08. The van der Waals surface area contributed by atoms with Crippen molar-refractivity contribution in [3.8, 4) is 5.75 Å². The Kier molecular flexibility index (Phi) is 2.83. The molecule has 1 aromatic carbocycles. The zero-order valence-corrected chi connectivity index (χ0v) is 7.79. The molecule has 0 bridgehead atoms. The molecule has 0 spiro atoms. The maximum Gasteiger partial charge on any atom is 0.136 e. The molecule has 0 heterocycles. The molecule has 0 aliphatic rings. The Morgan fingerprint density at radius 1 is 1.45 bits per heavy atom. The molecule has 0 aliphatic heterocycles. The molecule has 0 amide bonds. The highest BCUT2D eigenvalue weighted by atomic mass is 32.1. The van der Waals surface area contributed by atoms with Crippen LogP contribution in [0.4, 0.5) is 0 Å². The Morgan fingerprint density at radius 3 is 2.73 bits per heavy atom. The van der Waals surface area contributed by atoms with E-state index in [4.69, 9.17) is 4.74 Å². The molecular weight excluding hydrogens is 156 g/mol. The summed E-state index contributed by atoms with van der Waals surface area (Å²) in [5.41, 5.74) is 1.24. The Balaban J connectivity index is 2.91. The van der Waals surface area contributed by atoms with E-state index in [9.17, 15) is 0 Å². The van der Waals surface area contributed by atoms with Gasteiger partial charge in [0.15, 0.2) is 0 Å². The minimum atomic E-state index is 0.380. The van der Waals surface area contributed by atoms with Crippen molar-refractivity contribution in [1.29, 1.82) is 0 Å². The van der Waals surface area contributed by atoms with Crippen LogP contribution in [0.15, 0.2) is 24.3 Å². The highest BCUT2D eigenvalue weighted by Crippen LogP contribution is 2.18. The third-order valence-electron chi connectivity index (χ3n) is 1.59. The molecule has 60 valence electrons. The second-order valence-electron chi connectivity index (χ2n) is 2.50. The van der Waals surface area contributed by atoms with Gasteiger partial charge in [-0.15, -0.1) is 0 Å². The van der Waals surface area contributed by atoms with Crippen LogP contribution in [-0.4, -0.2) is 7.11 Å². The lowest BCUT2D eigenvalue weighted by Crippen LogP contribution is -1.89. The molecule has 0 radical (unpaired) electrons. The molecule has 0 saturated heterocycles. The lowest BCUT2D eigenvalue weighted by Gasteiger charge is -2.02. The molecule has 1 aromatic rings. The highest BCUT2D eigenvalue weighted by Gasteiger charge is 2.04. The fourth-order valence-corrected chi connectivity index (χ4v) is 1.09. The summed E-state index contributed by atoms with van der Waals surface area (Å²) in [6.45, 7) is 2.09. The van der Waals surface area contributed by atoms with Crippen molar-refractivity contribution >= 4 is 12.6 Å². The first-order valence-corrected chi connectivity index (χ1v) is 4.17. The van der Waals surface area contributed by atoms with Crippen molar-refractivity contribution < 1.29 is 4.74 Å². The zero-order chi connectivity index (χ0) is 8.27. The van der Waals surface area contributed by atoms with E-state index in [2.05, 4.69) is 25.6 Å². The van der Waals surface area contributed by atoms with E-state index in [1.165, 1.54) is 5.56 Å². The molecule has 1 rings (SSSR count). The number of hydrogen-bond acceptors (Lipinski definition) is 1. The van der Waals surface area contributed by atoms with Crippen molar-refractivity contribution in [2.24, 2.45) is 0 Å². The van der Waals surface area contributed by atoms with E-state index in [0.29, 0.717) is 5.25 Å². The molecular formula is C9H13OS+. The van der Waals surface area contributed by atoms with Crippen LogP contribution in [0.3, 0.4) is 0 Å². The van der Waals surface area contributed by atoms with Crippen LogP contribution in [0, 0.1) is 0 Å². The fourth-order valence-electron chi connectivity index (χ4n) is 0.911. The third kappa shape index (κ3) is 2.15. The van der Waals surface area contributed by atoms with Crippen LogP contribution in [0.1, 0.15) is 17.7 Å². The van der Waals surface area contributed by atoms with Crippen molar-refractivity contribution in [1.82, 2.24) is 0 Å². The van der Waals surface area contributed by atoms with Crippen LogP contribution in [0.5, 0.6) is 5.75 Å². The molecule has 0 aromatic heterocycles. The largest absolute Gasteiger partial charge is 0.497 e. The molecule has 0 N–H and O–H groups in total. The first-order valence-electron chi connectivity index (χ1n) is 3.59. The lowest BCUT2D eigenvalue weighted by molar-refractivity contribution is 0.414. The Bertz CT molecular complexity index is 233. The Hall–Kier alpha value is -0.630. The fraction of sp³-hybridized carbons (Fsp3) is 0.333. The van der Waals surface area contributed by atoms with Crippen LogP contribution in [0.25, 0.3) is 0 Å². The number of ether oxygens (including phenoxy) is 1. The van der Waals surface area contributed by atoms with Crippen LogP contribution >= 0.6 is 0 Å². The predicted octanol–water partition coefficient (Wildman–Crippen LogP) is 1.77. The molecule has 0 aliphatic carbocycles. The van der Waals surface area contributed by atoms with Crippen LogP contribution in [0.2, 0.25) is 0 Å². The Labute approximate surface area is 72.8 Å². The van der Waals surface area contributed by atoms with Gasteiger partial charge in [-0.1, -0.05) is 12.1 Å². The van der Waals surface area contributed by atoms with Crippen molar-refractivity contribution in [3.05, 3.63) is 29.8 Å². The summed E-state index contributed by atoms with van der Waals surface area (Å²) in [7, 11) is 1.68. The van der Waals surface area contributed by atoms with E-state index in [1.54, 1.807) is 7.11 Å². The smallest absolute Gasteiger partial charge is 0.136 e. The molecule has 0 saturated carbocycles. The van der Waals surface area contributed by atoms with Crippen LogP contribution < -0.4 is 4.74 Å². The van der Waals surface area contributed by atoms with Gasteiger partial charge in [0.25, 0.3) is 0 Å². The van der Waals surface area contributed by atoms with Gasteiger partial charge in [0.05, 0.1) is 7.11 Å². The quantitative estimate of drug-likeness (QED) is 0.613. The third-order valence-corrected chi connectivity index (χ3v) is 1.93. The standard InChI is InChI=1S/C9H12OS/c1-7(11)8-4-3-5-9(6-8)10-2/h3-7,11H,1-2H3/p+1. The van der Waals surface area contributed by atoms with Crippen molar-refractivity contribution in [2.45, 2.75) is 12.2 Å². The van der Waals surface area contributed by atoms with E-state index < -0.39 is 0 Å². The van der Waals surface area contributed by atoms with E-state index >= 15 is 0 Å². The summed E-state index contributed by atoms with van der Waals surface area (Å²) in [4.78, 5) is 0. The topological polar surface area (TPSA) is 9.23 Å². The first kappa shape index (κ1) is 8.47. The molecule has 2 heteroatoms. The summed E-state index contributed by atoms with van der Waals surface area (Å²) < 4.78 is 5.08. The zero-order valence-electron chi connectivity index (χ0n) is 6.79. The molecule has 11 heavy (non-hydrogen) atoms. The monoisotopic (exact) mass is 169 g/mol. The summed E-state index contributed by atoms with van der Waals surface area (Å²) >= 11 is 3.54. The SMILES string of the molecule is COc1cccc(C(C)[SH2+])c1. The number of hydrogen-bond donors (Lipinski definition) is 0. The molecule has 1 nitrogen and oxygen atoms in total. The summed E-state index contributed by atoms with van der Waals surface area (Å²) in [6, 6.07) is 8.03. The van der Waals surface area contributed by atoms with Gasteiger partial charge in [0, 0.05) is 5.56 Å². The second kappa shape index (κ2) is 3.67. The van der Waals surface area contributed by atoms with Gasteiger partial charge in [-0.05, 0) is 31.7 Å². The molecule has 1 unspecified atom stereocenters. The Morgan fingerprint density at radius 2 is 2.18 bits per heavy atom. The van der Waals surface area contributed by atoms with Crippen molar-refractivity contribution in [2.75, 3.05) is 7.11 Å². The van der Waals surface area contributed by atoms with Crippen molar-refractivity contribution in [3.63, 3.8) is 0 Å². The number of benzene rings is 1. The summed E-state index contributed by atoms with van der Waals surface area (Å²) in [5, 5.41) is 0.380. The minimum absolute atomic E-state index is 0.380. The lowest BCUT2D eigenvalue weighted by atomic mass is 10.1. The summed E-state index contributed by atoms with van der Waals surface area (Å²) in [5.74, 6) is 0.910. The maximum atomic E-state index is 5.08. The van der Waals surface area contributed by atoms with E-state index in [0.717, 1.165) is 5.75 Å². The van der Waals surface area contributed by atoms with E-state index in [1.807, 2.05) is 18.2 Å². The van der Waals surface area contributed by atoms with Gasteiger partial charge in [-0.2, -0.15) is 0 Å². The average Bonchev–Trinajstić information content (AvgIpc) is 2.05. The van der Waals surface area contributed by atoms with Gasteiger partial charge < -0.3 is 4.74 Å². The average molecular weight is 169 g/mol. The minimum Gasteiger partial charge on any atom is -0.497 e. The van der Waals surface area contributed by atoms with Gasteiger partial charge in [-0.3, -0.25) is 0 Å². The van der Waals surface area contributed by atoms with Crippen LogP contribution in [-0.2, 0) is 12.6 Å². The van der Waals surface area contributed by atoms with Gasteiger partial charge >= 0.3 is 0 Å². The van der Waals surface area contributed by atoms with Gasteiger partial charge in [-0.25, -0.2) is 0 Å². The number of methoxy groups -OCH3 is 1. The second-order valence-corrected chi connectivity index (χ2v) is 3.36. The highest BCUT2D eigenvalue weighted by molar-refractivity contribution is 7.59. The molecule has 0 fully saturated rings. The first-order chi connectivity index (χ1) is 5.24. The molecule has 1 atom stereocenters. The van der Waals surface area contributed by atoms with E-state index in [-0.39, 0.29) is 0 Å². The normalized spacial score (nSPS) is 12.6. The summed E-state index contributed by atoms with van der Waals surface area (Å²) in [6.07, 6.45) is 0. The number of rotatable bonds is 2. The predicted molar refractivity (Wildman–Crippen MR) is 51.6 cm³/mol. The van der Waals surface area contributed by atoms with Gasteiger partial charge in [0.1, 0.15) is 11.0 Å². The van der Waals surface area contributed by atoms with Gasteiger partial charge in [0.2, 0.25) is 0 Å².